The fraction of sp³-hybridized carbons (Fsp3) is 0.471. The number of nitrogens with two attached hydrogens (primary N) is 1. The van der Waals surface area contributed by atoms with E-state index < -0.39 is 0 Å². The number of amides is 1. The smallest absolute Gasteiger partial charge is 0.254 e. The van der Waals surface area contributed by atoms with Crippen molar-refractivity contribution in [2.75, 3.05) is 19.6 Å². The molecule has 3 N–H and O–H groups in total. The van der Waals surface area contributed by atoms with E-state index in [2.05, 4.69) is 27.7 Å². The molecule has 2 aromatic heterocycles. The third-order valence-electron chi connectivity index (χ3n) is 4.34. The lowest BCUT2D eigenvalue weighted by Gasteiger charge is -2.31. The average Bonchev–Trinajstić information content (AvgIpc) is 3.25. The molecule has 140 valence electrons. The van der Waals surface area contributed by atoms with Crippen LogP contribution in [0.2, 0.25) is 0 Å². The quantitative estimate of drug-likeness (QED) is 0.773. The Morgan fingerprint density at radius 3 is 2.72 bits per heavy atom. The van der Waals surface area contributed by atoms with Crippen LogP contribution in [0.4, 0.5) is 0 Å². The fourth-order valence-electron chi connectivity index (χ4n) is 2.92. The lowest BCUT2D eigenvalue weighted by molar-refractivity contribution is 0.0934. The Labute approximate surface area is 164 Å². The third kappa shape index (κ3) is 6.31. The minimum atomic E-state index is -0.0746. The summed E-state index contributed by atoms with van der Waals surface area (Å²) in [6, 6.07) is 6.00. The van der Waals surface area contributed by atoms with Crippen molar-refractivity contribution in [2.24, 2.45) is 11.7 Å². The Kier molecular flexibility index (Phi) is 9.53. The van der Waals surface area contributed by atoms with Gasteiger partial charge in [0.05, 0.1) is 12.1 Å². The zero-order valence-electron chi connectivity index (χ0n) is 14.0. The highest BCUT2D eigenvalue weighted by atomic mass is 35.5. The van der Waals surface area contributed by atoms with Crippen molar-refractivity contribution in [1.82, 2.24) is 10.2 Å². The maximum atomic E-state index is 12.1. The largest absolute Gasteiger partial charge is 0.467 e. The van der Waals surface area contributed by atoms with Crippen molar-refractivity contribution < 1.29 is 9.21 Å². The Morgan fingerprint density at radius 1 is 1.36 bits per heavy atom. The first-order valence-corrected chi connectivity index (χ1v) is 8.93. The van der Waals surface area contributed by atoms with E-state index in [-0.39, 0.29) is 30.7 Å². The molecule has 1 aliphatic heterocycles. The van der Waals surface area contributed by atoms with E-state index in [0.717, 1.165) is 39.0 Å². The van der Waals surface area contributed by atoms with Gasteiger partial charge in [-0.3, -0.25) is 9.69 Å². The van der Waals surface area contributed by atoms with Crippen LogP contribution in [0.15, 0.2) is 34.3 Å². The highest BCUT2D eigenvalue weighted by Gasteiger charge is 2.20. The number of carbonyl (C=O) groups excluding carboxylic acids is 1. The van der Waals surface area contributed by atoms with Gasteiger partial charge >= 0.3 is 0 Å². The summed E-state index contributed by atoms with van der Waals surface area (Å²) >= 11 is 1.82. The Morgan fingerprint density at radius 2 is 2.12 bits per heavy atom. The molecule has 1 amide bonds. The van der Waals surface area contributed by atoms with Crippen LogP contribution in [0.5, 0.6) is 0 Å². The number of furan rings is 1. The van der Waals surface area contributed by atoms with Crippen LogP contribution in [0.25, 0.3) is 0 Å². The molecule has 0 unspecified atom stereocenters. The predicted octanol–water partition coefficient (Wildman–Crippen LogP) is 3.29. The SMILES string of the molecule is Cl.Cl.NCc1cc(C(=O)NCC2CCN(Cc3cccs3)CC2)co1. The van der Waals surface area contributed by atoms with Crippen LogP contribution >= 0.6 is 36.2 Å². The van der Waals surface area contributed by atoms with E-state index >= 15 is 0 Å². The molecule has 0 bridgehead atoms. The fourth-order valence-corrected chi connectivity index (χ4v) is 3.66. The number of piperidine rings is 1. The maximum absolute atomic E-state index is 12.1. The molecule has 0 spiro atoms. The van der Waals surface area contributed by atoms with Crippen LogP contribution in [-0.4, -0.2) is 30.4 Å². The summed E-state index contributed by atoms with van der Waals surface area (Å²) in [5.74, 6) is 1.12. The van der Waals surface area contributed by atoms with Gasteiger partial charge in [0.1, 0.15) is 12.0 Å². The summed E-state index contributed by atoms with van der Waals surface area (Å²) < 4.78 is 5.20. The molecule has 3 rings (SSSR count). The summed E-state index contributed by atoms with van der Waals surface area (Å²) in [6.45, 7) is 4.29. The number of hydrogen-bond acceptors (Lipinski definition) is 5. The number of rotatable bonds is 6. The normalized spacial score (nSPS) is 15.2. The summed E-state index contributed by atoms with van der Waals surface area (Å²) in [5, 5.41) is 5.14. The van der Waals surface area contributed by atoms with E-state index in [1.165, 1.54) is 11.1 Å². The average molecular weight is 406 g/mol. The molecule has 1 fully saturated rings. The monoisotopic (exact) mass is 405 g/mol. The van der Waals surface area contributed by atoms with E-state index in [1.54, 1.807) is 6.07 Å². The van der Waals surface area contributed by atoms with E-state index in [0.29, 0.717) is 23.8 Å². The second kappa shape index (κ2) is 10.8. The standard InChI is InChI=1S/C17H23N3O2S.2ClH/c18-9-15-8-14(12-22-15)17(21)19-10-13-3-5-20(6-4-13)11-16-2-1-7-23-16;;/h1-2,7-8,12-13H,3-6,9-11,18H2,(H,19,21);2*1H. The first-order valence-electron chi connectivity index (χ1n) is 8.05. The summed E-state index contributed by atoms with van der Waals surface area (Å²) in [7, 11) is 0. The molecular formula is C17H25Cl2N3O2S. The molecule has 0 aliphatic carbocycles. The molecule has 1 saturated heterocycles. The molecule has 0 atom stereocenters. The Bertz CT molecular complexity index is 626. The molecule has 2 aromatic rings. The van der Waals surface area contributed by atoms with Gasteiger partial charge in [0.25, 0.3) is 5.91 Å². The van der Waals surface area contributed by atoms with E-state index in [1.807, 2.05) is 11.3 Å². The number of halogens is 2. The lowest BCUT2D eigenvalue weighted by Crippen LogP contribution is -2.38. The predicted molar refractivity (Wildman–Crippen MR) is 106 cm³/mol. The molecule has 1 aliphatic rings. The topological polar surface area (TPSA) is 71.5 Å². The third-order valence-corrected chi connectivity index (χ3v) is 5.20. The highest BCUT2D eigenvalue weighted by Crippen LogP contribution is 2.20. The lowest BCUT2D eigenvalue weighted by atomic mass is 9.96. The molecule has 0 radical (unpaired) electrons. The van der Waals surface area contributed by atoms with Gasteiger partial charge in [-0.25, -0.2) is 0 Å². The number of hydrogen-bond donors (Lipinski definition) is 2. The van der Waals surface area contributed by atoms with Crippen LogP contribution in [0.3, 0.4) is 0 Å². The van der Waals surface area contributed by atoms with Gasteiger partial charge in [0, 0.05) is 18.0 Å². The zero-order chi connectivity index (χ0) is 16.1. The zero-order valence-corrected chi connectivity index (χ0v) is 16.4. The summed E-state index contributed by atoms with van der Waals surface area (Å²) in [4.78, 5) is 16.0. The van der Waals surface area contributed by atoms with Gasteiger partial charge in [-0.1, -0.05) is 6.07 Å². The van der Waals surface area contributed by atoms with E-state index in [9.17, 15) is 4.79 Å². The van der Waals surface area contributed by atoms with Crippen molar-refractivity contribution in [2.45, 2.75) is 25.9 Å². The number of thiophene rings is 1. The van der Waals surface area contributed by atoms with Crippen molar-refractivity contribution in [3.8, 4) is 0 Å². The Balaban J connectivity index is 0.00000156. The van der Waals surface area contributed by atoms with Crippen LogP contribution in [0.1, 0.15) is 33.8 Å². The van der Waals surface area contributed by atoms with Gasteiger partial charge in [0.2, 0.25) is 0 Å². The molecule has 8 heteroatoms. The first-order chi connectivity index (χ1) is 11.2. The van der Waals surface area contributed by atoms with Crippen molar-refractivity contribution in [3.63, 3.8) is 0 Å². The van der Waals surface area contributed by atoms with Crippen LogP contribution in [-0.2, 0) is 13.1 Å². The van der Waals surface area contributed by atoms with Crippen molar-refractivity contribution in [3.05, 3.63) is 46.0 Å². The molecular weight excluding hydrogens is 381 g/mol. The molecule has 3 heterocycles. The van der Waals surface area contributed by atoms with Gasteiger partial charge in [-0.15, -0.1) is 36.2 Å². The molecule has 5 nitrogen and oxygen atoms in total. The molecule has 0 aromatic carbocycles. The molecule has 0 saturated carbocycles. The highest BCUT2D eigenvalue weighted by molar-refractivity contribution is 7.09. The first kappa shape index (κ1) is 22.0. The number of nitrogens with one attached hydrogen (secondary N) is 1. The maximum Gasteiger partial charge on any atom is 0.254 e. The minimum Gasteiger partial charge on any atom is -0.467 e. The number of carbonyl (C=O) groups is 1. The van der Waals surface area contributed by atoms with E-state index in [4.69, 9.17) is 10.2 Å². The van der Waals surface area contributed by atoms with Crippen LogP contribution < -0.4 is 11.1 Å². The second-order valence-corrected chi connectivity index (χ2v) is 7.05. The summed E-state index contributed by atoms with van der Waals surface area (Å²) in [5.41, 5.74) is 6.04. The van der Waals surface area contributed by atoms with Gasteiger partial charge in [-0.2, -0.15) is 0 Å². The minimum absolute atomic E-state index is 0. The van der Waals surface area contributed by atoms with Gasteiger partial charge < -0.3 is 15.5 Å². The Hall–Kier alpha value is -1.05. The van der Waals surface area contributed by atoms with Gasteiger partial charge in [-0.05, 0) is 49.4 Å². The summed E-state index contributed by atoms with van der Waals surface area (Å²) in [6.07, 6.45) is 3.73. The number of nitrogens with zero attached hydrogens (tertiary/aromatic N) is 1. The van der Waals surface area contributed by atoms with Crippen molar-refractivity contribution in [1.29, 1.82) is 0 Å². The van der Waals surface area contributed by atoms with Gasteiger partial charge in [0.15, 0.2) is 0 Å². The van der Waals surface area contributed by atoms with Crippen molar-refractivity contribution >= 4 is 42.1 Å². The second-order valence-electron chi connectivity index (χ2n) is 6.01. The molecule has 25 heavy (non-hydrogen) atoms. The number of likely N-dealkylation sites (tertiary alicyclic amines) is 1. The van der Waals surface area contributed by atoms with Crippen LogP contribution in [0, 0.1) is 5.92 Å².